The Bertz CT molecular complexity index is 1180. The molecular formula is C28H30F3NO4. The minimum Gasteiger partial charge on any atom is -0.494 e. The quantitative estimate of drug-likeness (QED) is 0.215. The van der Waals surface area contributed by atoms with Gasteiger partial charge in [0.2, 0.25) is 0 Å². The van der Waals surface area contributed by atoms with Crippen LogP contribution in [0.4, 0.5) is 13.2 Å². The number of unbranched alkanes of at least 4 members (excludes halogenated alkanes) is 1. The van der Waals surface area contributed by atoms with Crippen molar-refractivity contribution in [3.05, 3.63) is 77.0 Å². The molecule has 0 spiro atoms. The van der Waals surface area contributed by atoms with E-state index < -0.39 is 17.7 Å². The van der Waals surface area contributed by atoms with E-state index >= 15 is 0 Å². The third-order valence-electron chi connectivity index (χ3n) is 5.59. The highest BCUT2D eigenvalue weighted by Gasteiger charge is 2.30. The number of aromatic nitrogens is 1. The van der Waals surface area contributed by atoms with E-state index in [2.05, 4.69) is 4.98 Å². The van der Waals surface area contributed by atoms with Gasteiger partial charge in [-0.25, -0.2) is 4.79 Å². The summed E-state index contributed by atoms with van der Waals surface area (Å²) in [5, 5.41) is 0. The van der Waals surface area contributed by atoms with Crippen LogP contribution in [0.3, 0.4) is 0 Å². The molecule has 5 nitrogen and oxygen atoms in total. The average Bonchev–Trinajstić information content (AvgIpc) is 2.84. The highest BCUT2D eigenvalue weighted by atomic mass is 19.4. The number of halogens is 3. The third-order valence-corrected chi connectivity index (χ3v) is 5.59. The summed E-state index contributed by atoms with van der Waals surface area (Å²) >= 11 is 0. The molecule has 0 unspecified atom stereocenters. The van der Waals surface area contributed by atoms with Crippen LogP contribution in [0.2, 0.25) is 0 Å². The van der Waals surface area contributed by atoms with Crippen LogP contribution < -0.4 is 9.47 Å². The van der Waals surface area contributed by atoms with Crippen molar-refractivity contribution >= 4 is 5.97 Å². The second kappa shape index (κ2) is 12.4. The third kappa shape index (κ3) is 7.73. The Hall–Kier alpha value is -3.55. The summed E-state index contributed by atoms with van der Waals surface area (Å²) in [5.74, 6) is 0.916. The lowest BCUT2D eigenvalue weighted by Crippen LogP contribution is -2.14. The molecule has 1 aromatic heterocycles. The van der Waals surface area contributed by atoms with Gasteiger partial charge in [0, 0.05) is 11.3 Å². The lowest BCUT2D eigenvalue weighted by Gasteiger charge is -2.12. The Morgan fingerprint density at radius 1 is 0.972 bits per heavy atom. The molecule has 8 heteroatoms. The van der Waals surface area contributed by atoms with Crippen molar-refractivity contribution in [3.63, 3.8) is 0 Å². The number of carbonyl (C=O) groups excluding carboxylic acids is 1. The minimum atomic E-state index is -4.38. The maximum atomic E-state index is 13.0. The van der Waals surface area contributed by atoms with Gasteiger partial charge in [-0.1, -0.05) is 18.2 Å². The normalized spacial score (nSPS) is 11.3. The number of esters is 1. The highest BCUT2D eigenvalue weighted by molar-refractivity contribution is 5.71. The summed E-state index contributed by atoms with van der Waals surface area (Å²) in [6.07, 6.45) is -1.88. The predicted octanol–water partition coefficient (Wildman–Crippen LogP) is 6.73. The number of benzene rings is 2. The monoisotopic (exact) mass is 501 g/mol. The molecular weight excluding hydrogens is 471 g/mol. The van der Waals surface area contributed by atoms with Crippen LogP contribution in [0.5, 0.6) is 11.5 Å². The fourth-order valence-electron chi connectivity index (χ4n) is 3.69. The van der Waals surface area contributed by atoms with Crippen LogP contribution in [0.15, 0.2) is 54.6 Å². The summed E-state index contributed by atoms with van der Waals surface area (Å²) in [4.78, 5) is 16.0. The predicted molar refractivity (Wildman–Crippen MR) is 131 cm³/mol. The summed E-state index contributed by atoms with van der Waals surface area (Å²) in [6, 6.07) is 14.3. The molecule has 0 aliphatic rings. The first-order valence-electron chi connectivity index (χ1n) is 11.8. The number of hydrogen-bond donors (Lipinski definition) is 0. The van der Waals surface area contributed by atoms with E-state index in [0.717, 1.165) is 54.0 Å². The molecule has 192 valence electrons. The Kier molecular flexibility index (Phi) is 9.33. The molecule has 0 aliphatic heterocycles. The molecule has 0 saturated heterocycles. The molecule has 0 atom stereocenters. The Balaban J connectivity index is 1.47. The maximum Gasteiger partial charge on any atom is 0.416 e. The SMILES string of the molecule is CCOC(=O)COc1ccc(OCCCCc2ccc(-c3cccc(C(F)(F)F)c3)nc2C)cc1C. The molecule has 2 aromatic carbocycles. The van der Waals surface area contributed by atoms with Crippen LogP contribution in [0, 0.1) is 13.8 Å². The number of hydrogen-bond acceptors (Lipinski definition) is 5. The van der Waals surface area contributed by atoms with Crippen molar-refractivity contribution in [1.82, 2.24) is 4.98 Å². The number of carbonyl (C=O) groups is 1. The number of alkyl halides is 3. The van der Waals surface area contributed by atoms with Crippen molar-refractivity contribution in [2.45, 2.75) is 46.2 Å². The summed E-state index contributed by atoms with van der Waals surface area (Å²) in [7, 11) is 0. The lowest BCUT2D eigenvalue weighted by molar-refractivity contribution is -0.145. The number of aryl methyl sites for hydroxylation is 3. The number of ether oxygens (including phenoxy) is 3. The summed E-state index contributed by atoms with van der Waals surface area (Å²) in [6.45, 7) is 6.22. The van der Waals surface area contributed by atoms with E-state index in [4.69, 9.17) is 14.2 Å². The first-order valence-corrected chi connectivity index (χ1v) is 11.8. The van der Waals surface area contributed by atoms with Crippen molar-refractivity contribution in [1.29, 1.82) is 0 Å². The van der Waals surface area contributed by atoms with Crippen LogP contribution in [0.1, 0.15) is 42.1 Å². The molecule has 0 aliphatic carbocycles. The van der Waals surface area contributed by atoms with Crippen LogP contribution in [-0.2, 0) is 22.1 Å². The van der Waals surface area contributed by atoms with Crippen LogP contribution in [-0.4, -0.2) is 30.8 Å². The topological polar surface area (TPSA) is 57.7 Å². The standard InChI is InChI=1S/C28H30F3NO4/c1-4-34-27(33)18-36-26-14-12-24(16-19(26)2)35-15-6-5-8-21-11-13-25(32-20(21)3)22-9-7-10-23(17-22)28(29,30)31/h7,9-14,16-17H,4-6,8,15,18H2,1-3H3. The Labute approximate surface area is 209 Å². The van der Waals surface area contributed by atoms with Gasteiger partial charge in [0.05, 0.1) is 24.5 Å². The van der Waals surface area contributed by atoms with Crippen molar-refractivity contribution in [2.24, 2.45) is 0 Å². The van der Waals surface area contributed by atoms with Crippen molar-refractivity contribution < 1.29 is 32.2 Å². The van der Waals surface area contributed by atoms with Crippen molar-refractivity contribution in [2.75, 3.05) is 19.8 Å². The molecule has 0 saturated carbocycles. The van der Waals surface area contributed by atoms with Crippen LogP contribution in [0.25, 0.3) is 11.3 Å². The molecule has 0 bridgehead atoms. The molecule has 3 aromatic rings. The summed E-state index contributed by atoms with van der Waals surface area (Å²) in [5.41, 5.74) is 3.01. The number of nitrogens with zero attached hydrogens (tertiary/aromatic N) is 1. The van der Waals surface area contributed by atoms with E-state index in [0.29, 0.717) is 30.2 Å². The highest BCUT2D eigenvalue weighted by Crippen LogP contribution is 2.32. The van der Waals surface area contributed by atoms with Gasteiger partial charge < -0.3 is 14.2 Å². The first-order chi connectivity index (χ1) is 17.2. The number of pyridine rings is 1. The molecule has 0 N–H and O–H groups in total. The molecule has 0 fully saturated rings. The van der Waals surface area contributed by atoms with Gasteiger partial charge in [0.1, 0.15) is 11.5 Å². The minimum absolute atomic E-state index is 0.135. The first kappa shape index (κ1) is 27.0. The Morgan fingerprint density at radius 3 is 2.47 bits per heavy atom. The van der Waals surface area contributed by atoms with E-state index in [1.165, 1.54) is 6.07 Å². The zero-order valence-corrected chi connectivity index (χ0v) is 20.7. The van der Waals surface area contributed by atoms with Gasteiger partial charge in [-0.15, -0.1) is 0 Å². The van der Waals surface area contributed by atoms with E-state index in [9.17, 15) is 18.0 Å². The smallest absolute Gasteiger partial charge is 0.416 e. The van der Waals surface area contributed by atoms with Gasteiger partial charge in [0.15, 0.2) is 6.61 Å². The molecule has 1 heterocycles. The second-order valence-corrected chi connectivity index (χ2v) is 8.35. The molecule has 0 radical (unpaired) electrons. The van der Waals surface area contributed by atoms with Gasteiger partial charge in [-0.05, 0) is 87.6 Å². The van der Waals surface area contributed by atoms with E-state index in [1.807, 2.05) is 26.0 Å². The second-order valence-electron chi connectivity index (χ2n) is 8.35. The molecule has 3 rings (SSSR count). The molecule has 0 amide bonds. The Morgan fingerprint density at radius 2 is 1.78 bits per heavy atom. The van der Waals surface area contributed by atoms with Gasteiger partial charge >= 0.3 is 12.1 Å². The van der Waals surface area contributed by atoms with E-state index in [-0.39, 0.29) is 6.61 Å². The lowest BCUT2D eigenvalue weighted by atomic mass is 10.0. The van der Waals surface area contributed by atoms with Crippen LogP contribution >= 0.6 is 0 Å². The average molecular weight is 502 g/mol. The zero-order chi connectivity index (χ0) is 26.1. The fourth-order valence-corrected chi connectivity index (χ4v) is 3.69. The van der Waals surface area contributed by atoms with Gasteiger partial charge in [-0.3, -0.25) is 4.98 Å². The van der Waals surface area contributed by atoms with Crippen molar-refractivity contribution in [3.8, 4) is 22.8 Å². The van der Waals surface area contributed by atoms with E-state index in [1.54, 1.807) is 31.2 Å². The fraction of sp³-hybridized carbons (Fsp3) is 0.357. The van der Waals surface area contributed by atoms with Gasteiger partial charge in [0.25, 0.3) is 0 Å². The number of rotatable bonds is 11. The zero-order valence-electron chi connectivity index (χ0n) is 20.7. The van der Waals surface area contributed by atoms with Gasteiger partial charge in [-0.2, -0.15) is 13.2 Å². The summed E-state index contributed by atoms with van der Waals surface area (Å²) < 4.78 is 55.2. The largest absolute Gasteiger partial charge is 0.494 e. The molecule has 36 heavy (non-hydrogen) atoms. The maximum absolute atomic E-state index is 13.0.